The zero-order valence-electron chi connectivity index (χ0n) is 20.7. The quantitative estimate of drug-likeness (QED) is 0.311. The van der Waals surface area contributed by atoms with Crippen molar-refractivity contribution in [2.45, 2.75) is 45.8 Å². The molecule has 1 aliphatic carbocycles. The van der Waals surface area contributed by atoms with E-state index >= 15 is 0 Å². The van der Waals surface area contributed by atoms with Crippen molar-refractivity contribution in [3.05, 3.63) is 107 Å². The Morgan fingerprint density at radius 3 is 2.14 bits per heavy atom. The number of para-hydroxylation sites is 1. The molecule has 1 aromatic heterocycles. The van der Waals surface area contributed by atoms with Crippen LogP contribution in [0.4, 0.5) is 0 Å². The number of fused-ring (bicyclic) bond motifs is 3. The highest BCUT2D eigenvalue weighted by atomic mass is 16.5. The molecule has 0 radical (unpaired) electrons. The minimum Gasteiger partial charge on any atom is -0.465 e. The Morgan fingerprint density at radius 1 is 0.889 bits per heavy atom. The van der Waals surface area contributed by atoms with E-state index in [2.05, 4.69) is 41.0 Å². The molecular weight excluding hydrogens is 448 g/mol. The minimum atomic E-state index is -0.226. The van der Waals surface area contributed by atoms with Crippen molar-refractivity contribution in [3.8, 4) is 0 Å². The van der Waals surface area contributed by atoms with E-state index in [0.29, 0.717) is 26.1 Å². The minimum absolute atomic E-state index is 0.0910. The molecule has 1 amide bonds. The van der Waals surface area contributed by atoms with E-state index in [1.54, 1.807) is 0 Å². The summed E-state index contributed by atoms with van der Waals surface area (Å²) < 4.78 is 7.33. The molecule has 5 heteroatoms. The van der Waals surface area contributed by atoms with Crippen molar-refractivity contribution < 1.29 is 14.3 Å². The lowest BCUT2D eigenvalue weighted by Crippen LogP contribution is -2.38. The Hall–Kier alpha value is -3.86. The third-order valence-electron chi connectivity index (χ3n) is 7.06. The van der Waals surface area contributed by atoms with Crippen molar-refractivity contribution in [2.24, 2.45) is 5.92 Å². The van der Waals surface area contributed by atoms with Gasteiger partial charge in [-0.25, -0.2) is 0 Å². The van der Waals surface area contributed by atoms with Crippen LogP contribution in [0.5, 0.6) is 0 Å². The van der Waals surface area contributed by atoms with Gasteiger partial charge in [0.05, 0.1) is 6.61 Å². The molecule has 1 atom stereocenters. The van der Waals surface area contributed by atoms with Gasteiger partial charge in [0.25, 0.3) is 0 Å². The summed E-state index contributed by atoms with van der Waals surface area (Å²) in [4.78, 5) is 28.3. The highest BCUT2D eigenvalue weighted by Crippen LogP contribution is 2.35. The lowest BCUT2D eigenvalue weighted by Gasteiger charge is -2.30. The summed E-state index contributed by atoms with van der Waals surface area (Å²) in [6.07, 6.45) is 2.22. The highest BCUT2D eigenvalue weighted by Gasteiger charge is 2.32. The molecule has 5 nitrogen and oxygen atoms in total. The molecule has 1 unspecified atom stereocenters. The summed E-state index contributed by atoms with van der Waals surface area (Å²) >= 11 is 0. The first kappa shape index (κ1) is 23.9. The number of carbonyl (C=O) groups is 2. The predicted octanol–water partition coefficient (Wildman–Crippen LogP) is 5.54. The summed E-state index contributed by atoms with van der Waals surface area (Å²) in [5.41, 5.74) is 5.65. The van der Waals surface area contributed by atoms with Gasteiger partial charge in [-0.2, -0.15) is 0 Å². The fourth-order valence-corrected chi connectivity index (χ4v) is 5.41. The smallest absolute Gasteiger partial charge is 0.325 e. The maximum atomic E-state index is 14.0. The molecule has 3 aromatic carbocycles. The first-order valence-electron chi connectivity index (χ1n) is 12.7. The Kier molecular flexibility index (Phi) is 7.17. The van der Waals surface area contributed by atoms with Gasteiger partial charge in [-0.15, -0.1) is 0 Å². The van der Waals surface area contributed by atoms with Gasteiger partial charge in [0.15, 0.2) is 0 Å². The van der Waals surface area contributed by atoms with Gasteiger partial charge in [-0.3, -0.25) is 9.59 Å². The molecule has 1 heterocycles. The molecule has 0 bridgehead atoms. The second-order valence-corrected chi connectivity index (χ2v) is 9.44. The average Bonchev–Trinajstić information content (AvgIpc) is 3.22. The topological polar surface area (TPSA) is 51.5 Å². The second-order valence-electron chi connectivity index (χ2n) is 9.44. The zero-order valence-corrected chi connectivity index (χ0v) is 20.7. The van der Waals surface area contributed by atoms with Crippen molar-refractivity contribution in [3.63, 3.8) is 0 Å². The van der Waals surface area contributed by atoms with Crippen LogP contribution in [0.25, 0.3) is 10.9 Å². The lowest BCUT2D eigenvalue weighted by atomic mass is 9.85. The molecule has 4 aromatic rings. The molecule has 0 spiro atoms. The molecule has 184 valence electrons. The van der Waals surface area contributed by atoms with E-state index in [9.17, 15) is 9.59 Å². The van der Waals surface area contributed by atoms with Gasteiger partial charge >= 0.3 is 5.97 Å². The molecule has 0 aliphatic heterocycles. The molecule has 0 fully saturated rings. The number of carbonyl (C=O) groups excluding carboxylic acids is 2. The summed E-state index contributed by atoms with van der Waals surface area (Å²) in [6, 6.07) is 28.6. The van der Waals surface area contributed by atoms with Crippen LogP contribution in [0, 0.1) is 5.92 Å². The first-order chi connectivity index (χ1) is 17.6. The fraction of sp³-hybridized carbons (Fsp3) is 0.290. The lowest BCUT2D eigenvalue weighted by molar-refractivity contribution is -0.143. The van der Waals surface area contributed by atoms with Crippen molar-refractivity contribution >= 4 is 22.8 Å². The third-order valence-corrected chi connectivity index (χ3v) is 7.06. The summed E-state index contributed by atoms with van der Waals surface area (Å²) in [7, 11) is 0. The van der Waals surface area contributed by atoms with E-state index in [-0.39, 0.29) is 24.3 Å². The van der Waals surface area contributed by atoms with Gasteiger partial charge < -0.3 is 14.2 Å². The van der Waals surface area contributed by atoms with Crippen molar-refractivity contribution in [2.75, 3.05) is 6.61 Å². The maximum Gasteiger partial charge on any atom is 0.325 e. The third kappa shape index (κ3) is 5.06. The standard InChI is InChI=1S/C31H32N2O3/c1-2-36-30(34)22-33-28-16-10-9-15-26(28)27-19-25(17-18-29(27)33)31(35)32(20-23-11-5-3-6-12-23)21-24-13-7-4-8-14-24/h3-16,25H,2,17-22H2,1H3. The second kappa shape index (κ2) is 10.8. The fourth-order valence-electron chi connectivity index (χ4n) is 5.41. The van der Waals surface area contributed by atoms with Crippen LogP contribution in [0.3, 0.4) is 0 Å². The number of nitrogens with zero attached hydrogens (tertiary/aromatic N) is 2. The van der Waals surface area contributed by atoms with Crippen LogP contribution in [0.15, 0.2) is 84.9 Å². The van der Waals surface area contributed by atoms with E-state index < -0.39 is 0 Å². The van der Waals surface area contributed by atoms with Crippen LogP contribution in [-0.2, 0) is 46.8 Å². The van der Waals surface area contributed by atoms with Gasteiger partial charge in [-0.05, 0) is 48.9 Å². The molecule has 0 saturated carbocycles. The van der Waals surface area contributed by atoms with Crippen LogP contribution >= 0.6 is 0 Å². The highest BCUT2D eigenvalue weighted by molar-refractivity contribution is 5.89. The molecule has 36 heavy (non-hydrogen) atoms. The Bertz CT molecular complexity index is 1300. The predicted molar refractivity (Wildman–Crippen MR) is 141 cm³/mol. The van der Waals surface area contributed by atoms with Gasteiger partial charge in [0.1, 0.15) is 6.54 Å². The summed E-state index contributed by atoms with van der Waals surface area (Å²) in [5.74, 6) is -0.126. The molecule has 0 N–H and O–H groups in total. The normalized spacial score (nSPS) is 14.9. The van der Waals surface area contributed by atoms with Crippen LogP contribution in [0.2, 0.25) is 0 Å². The number of hydrogen-bond acceptors (Lipinski definition) is 3. The number of benzene rings is 3. The van der Waals surface area contributed by atoms with Crippen molar-refractivity contribution in [1.29, 1.82) is 0 Å². The van der Waals surface area contributed by atoms with E-state index in [4.69, 9.17) is 4.74 Å². The van der Waals surface area contributed by atoms with E-state index in [0.717, 1.165) is 40.6 Å². The number of rotatable bonds is 8. The number of hydrogen-bond donors (Lipinski definition) is 0. The largest absolute Gasteiger partial charge is 0.465 e. The number of aromatic nitrogens is 1. The average molecular weight is 481 g/mol. The Morgan fingerprint density at radius 2 is 1.50 bits per heavy atom. The number of ether oxygens (including phenoxy) is 1. The van der Waals surface area contributed by atoms with Gasteiger partial charge in [-0.1, -0.05) is 78.9 Å². The summed E-state index contributed by atoms with van der Waals surface area (Å²) in [5, 5.41) is 1.13. The molecule has 1 aliphatic rings. The van der Waals surface area contributed by atoms with Crippen LogP contribution in [0.1, 0.15) is 35.7 Å². The van der Waals surface area contributed by atoms with Crippen LogP contribution < -0.4 is 0 Å². The van der Waals surface area contributed by atoms with Gasteiger partial charge in [0.2, 0.25) is 5.91 Å². The maximum absolute atomic E-state index is 14.0. The van der Waals surface area contributed by atoms with E-state index in [1.807, 2.05) is 60.4 Å². The molecule has 5 rings (SSSR count). The van der Waals surface area contributed by atoms with Crippen molar-refractivity contribution in [1.82, 2.24) is 9.47 Å². The summed E-state index contributed by atoms with van der Waals surface area (Å²) in [6.45, 7) is 3.57. The molecular formula is C31H32N2O3. The Balaban J connectivity index is 1.43. The zero-order chi connectivity index (χ0) is 24.9. The number of amides is 1. The first-order valence-corrected chi connectivity index (χ1v) is 12.7. The SMILES string of the molecule is CCOC(=O)Cn1c2c(c3ccccc31)CC(C(=O)N(Cc1ccccc1)Cc1ccccc1)CC2. The number of esters is 1. The van der Waals surface area contributed by atoms with Gasteiger partial charge in [0, 0.05) is 35.6 Å². The molecule has 0 saturated heterocycles. The van der Waals surface area contributed by atoms with E-state index in [1.165, 1.54) is 5.56 Å². The van der Waals surface area contributed by atoms with Crippen LogP contribution in [-0.4, -0.2) is 28.0 Å². The Labute approximate surface area is 212 Å². The monoisotopic (exact) mass is 480 g/mol.